The Morgan fingerprint density at radius 1 is 1.75 bits per heavy atom. The van der Waals surface area contributed by atoms with E-state index in [9.17, 15) is 4.79 Å². The van der Waals surface area contributed by atoms with Gasteiger partial charge in [-0.05, 0) is 19.8 Å². The van der Waals surface area contributed by atoms with Crippen LogP contribution in [0, 0.1) is 0 Å². The van der Waals surface area contributed by atoms with Crippen molar-refractivity contribution in [3.63, 3.8) is 0 Å². The van der Waals surface area contributed by atoms with Gasteiger partial charge < -0.3 is 16.2 Å². The summed E-state index contributed by atoms with van der Waals surface area (Å²) in [5.74, 6) is 0.0902. The van der Waals surface area contributed by atoms with Gasteiger partial charge in [0, 0.05) is 12.5 Å². The number of nitrogen functional groups attached to an aromatic ring is 1. The molecule has 6 nitrogen and oxygen atoms in total. The van der Waals surface area contributed by atoms with Crippen LogP contribution in [0.1, 0.15) is 41.9 Å². The molecule has 1 amide bonds. The number of hydrogen-bond donors (Lipinski definition) is 4. The third-order valence-electron chi connectivity index (χ3n) is 2.59. The average Bonchev–Trinajstić information content (AvgIpc) is 2.99. The minimum Gasteiger partial charge on any atom is -0.395 e. The molecule has 0 spiro atoms. The first-order chi connectivity index (χ1) is 7.59. The first-order valence-electron chi connectivity index (χ1n) is 5.39. The van der Waals surface area contributed by atoms with Crippen LogP contribution in [-0.2, 0) is 0 Å². The van der Waals surface area contributed by atoms with Gasteiger partial charge in [0.15, 0.2) is 5.69 Å². The molecule has 1 heterocycles. The van der Waals surface area contributed by atoms with Gasteiger partial charge in [-0.1, -0.05) is 0 Å². The van der Waals surface area contributed by atoms with Crippen LogP contribution in [0.4, 0.5) is 5.69 Å². The Kier molecular flexibility index (Phi) is 2.82. The number of carbonyl (C=O) groups is 1. The molecule has 2 rings (SSSR count). The molecule has 1 saturated carbocycles. The lowest BCUT2D eigenvalue weighted by Gasteiger charge is -2.05. The number of aromatic nitrogens is 2. The summed E-state index contributed by atoms with van der Waals surface area (Å²) in [4.78, 5) is 11.6. The maximum atomic E-state index is 11.6. The van der Waals surface area contributed by atoms with Crippen molar-refractivity contribution in [3.8, 4) is 0 Å². The fourth-order valence-corrected chi connectivity index (χ4v) is 1.54. The topological polar surface area (TPSA) is 104 Å². The van der Waals surface area contributed by atoms with E-state index in [2.05, 4.69) is 15.5 Å². The number of hydrogen-bond acceptors (Lipinski definition) is 4. The highest BCUT2D eigenvalue weighted by Gasteiger charge is 2.30. The molecule has 0 bridgehead atoms. The first-order valence-corrected chi connectivity index (χ1v) is 5.39. The van der Waals surface area contributed by atoms with Crippen LogP contribution in [0.2, 0.25) is 0 Å². The maximum Gasteiger partial charge on any atom is 0.274 e. The standard InChI is InChI=1S/C10H16N4O2/c1-5(15)4-12-10(16)9-7(11)8(13-14-9)6-2-3-6/h5-6,15H,2-4,11H2,1H3,(H,12,16)(H,13,14)/t5-/m0/s1. The number of rotatable bonds is 4. The van der Waals surface area contributed by atoms with Gasteiger partial charge in [0.2, 0.25) is 0 Å². The molecular formula is C10H16N4O2. The van der Waals surface area contributed by atoms with E-state index in [1.54, 1.807) is 6.92 Å². The molecule has 6 heteroatoms. The van der Waals surface area contributed by atoms with Crippen LogP contribution in [0.5, 0.6) is 0 Å². The SMILES string of the molecule is C[C@H](O)CNC(=O)c1n[nH]c(C2CC2)c1N. The highest BCUT2D eigenvalue weighted by Crippen LogP contribution is 2.42. The summed E-state index contributed by atoms with van der Waals surface area (Å²) < 4.78 is 0. The van der Waals surface area contributed by atoms with Gasteiger partial charge >= 0.3 is 0 Å². The number of aliphatic hydroxyl groups is 1. The number of amides is 1. The lowest BCUT2D eigenvalue weighted by Crippen LogP contribution is -2.31. The van der Waals surface area contributed by atoms with Crippen LogP contribution in [0.3, 0.4) is 0 Å². The Labute approximate surface area is 93.2 Å². The summed E-state index contributed by atoms with van der Waals surface area (Å²) in [7, 11) is 0. The number of nitrogens with two attached hydrogens (primary N) is 1. The number of anilines is 1. The number of aromatic amines is 1. The molecule has 1 atom stereocenters. The second-order valence-electron chi connectivity index (χ2n) is 4.23. The second kappa shape index (κ2) is 4.13. The number of H-pyrrole nitrogens is 1. The van der Waals surface area contributed by atoms with E-state index in [0.717, 1.165) is 18.5 Å². The molecule has 0 aromatic carbocycles. The Bertz CT molecular complexity index is 396. The number of carbonyl (C=O) groups excluding carboxylic acids is 1. The Morgan fingerprint density at radius 2 is 2.44 bits per heavy atom. The molecule has 5 N–H and O–H groups in total. The normalized spacial score (nSPS) is 17.1. The molecule has 16 heavy (non-hydrogen) atoms. The zero-order valence-electron chi connectivity index (χ0n) is 9.16. The monoisotopic (exact) mass is 224 g/mol. The smallest absolute Gasteiger partial charge is 0.274 e. The minimum atomic E-state index is -0.577. The summed E-state index contributed by atoms with van der Waals surface area (Å²) >= 11 is 0. The Morgan fingerprint density at radius 3 is 3.00 bits per heavy atom. The van der Waals surface area contributed by atoms with Gasteiger partial charge in [-0.2, -0.15) is 5.10 Å². The van der Waals surface area contributed by atoms with Gasteiger partial charge in [0.05, 0.1) is 17.5 Å². The predicted octanol–water partition coefficient (Wildman–Crippen LogP) is -0.0201. The Hall–Kier alpha value is -1.56. The van der Waals surface area contributed by atoms with Crippen molar-refractivity contribution in [2.24, 2.45) is 0 Å². The maximum absolute atomic E-state index is 11.6. The number of nitrogens with one attached hydrogen (secondary N) is 2. The first kappa shape index (κ1) is 10.9. The molecule has 1 aromatic rings. The van der Waals surface area contributed by atoms with Gasteiger partial charge in [0.25, 0.3) is 5.91 Å². The van der Waals surface area contributed by atoms with Crippen molar-refractivity contribution in [3.05, 3.63) is 11.4 Å². The molecule has 0 unspecified atom stereocenters. The fourth-order valence-electron chi connectivity index (χ4n) is 1.54. The van der Waals surface area contributed by atoms with Crippen LogP contribution in [-0.4, -0.2) is 33.9 Å². The lowest BCUT2D eigenvalue weighted by molar-refractivity contribution is 0.0920. The van der Waals surface area contributed by atoms with Crippen LogP contribution < -0.4 is 11.1 Å². The van der Waals surface area contributed by atoms with E-state index in [4.69, 9.17) is 10.8 Å². The average molecular weight is 224 g/mol. The second-order valence-corrected chi connectivity index (χ2v) is 4.23. The minimum absolute atomic E-state index is 0.198. The van der Waals surface area contributed by atoms with E-state index < -0.39 is 6.10 Å². The highest BCUT2D eigenvalue weighted by molar-refractivity contribution is 5.97. The largest absolute Gasteiger partial charge is 0.395 e. The quantitative estimate of drug-likeness (QED) is 0.577. The molecule has 1 fully saturated rings. The van der Waals surface area contributed by atoms with Crippen LogP contribution in [0.15, 0.2) is 0 Å². The van der Waals surface area contributed by atoms with Crippen molar-refractivity contribution in [1.29, 1.82) is 0 Å². The van der Waals surface area contributed by atoms with Crippen LogP contribution >= 0.6 is 0 Å². The summed E-state index contributed by atoms with van der Waals surface area (Å²) in [6.07, 6.45) is 1.62. The summed E-state index contributed by atoms with van der Waals surface area (Å²) in [5, 5.41) is 18.3. The van der Waals surface area contributed by atoms with E-state index in [0.29, 0.717) is 11.6 Å². The molecule has 0 saturated heterocycles. The predicted molar refractivity (Wildman–Crippen MR) is 59.0 cm³/mol. The molecule has 0 radical (unpaired) electrons. The Balaban J connectivity index is 2.05. The van der Waals surface area contributed by atoms with E-state index in [-0.39, 0.29) is 18.1 Å². The summed E-state index contributed by atoms with van der Waals surface area (Å²) in [6, 6.07) is 0. The van der Waals surface area contributed by atoms with Crippen LogP contribution in [0.25, 0.3) is 0 Å². The summed E-state index contributed by atoms with van der Waals surface area (Å²) in [6.45, 7) is 1.80. The van der Waals surface area contributed by atoms with E-state index in [1.165, 1.54) is 0 Å². The van der Waals surface area contributed by atoms with Crippen molar-refractivity contribution in [1.82, 2.24) is 15.5 Å². The zero-order valence-corrected chi connectivity index (χ0v) is 9.16. The van der Waals surface area contributed by atoms with Crippen molar-refractivity contribution in [2.75, 3.05) is 12.3 Å². The number of nitrogens with zero attached hydrogens (tertiary/aromatic N) is 1. The molecule has 1 aliphatic rings. The van der Waals surface area contributed by atoms with Gasteiger partial charge in [-0.25, -0.2) is 0 Å². The molecule has 88 valence electrons. The molecular weight excluding hydrogens is 208 g/mol. The summed E-state index contributed by atoms with van der Waals surface area (Å²) in [5.41, 5.74) is 7.36. The van der Waals surface area contributed by atoms with E-state index >= 15 is 0 Å². The number of aliphatic hydroxyl groups excluding tert-OH is 1. The van der Waals surface area contributed by atoms with Gasteiger partial charge in [0.1, 0.15) is 0 Å². The van der Waals surface area contributed by atoms with E-state index in [1.807, 2.05) is 0 Å². The van der Waals surface area contributed by atoms with Crippen molar-refractivity contribution >= 4 is 11.6 Å². The third-order valence-corrected chi connectivity index (χ3v) is 2.59. The molecule has 1 aromatic heterocycles. The fraction of sp³-hybridized carbons (Fsp3) is 0.600. The molecule has 1 aliphatic carbocycles. The van der Waals surface area contributed by atoms with Gasteiger partial charge in [-0.3, -0.25) is 9.89 Å². The lowest BCUT2D eigenvalue weighted by atomic mass is 10.2. The third kappa shape index (κ3) is 2.16. The van der Waals surface area contributed by atoms with Crippen molar-refractivity contribution < 1.29 is 9.90 Å². The zero-order chi connectivity index (χ0) is 11.7. The highest BCUT2D eigenvalue weighted by atomic mass is 16.3. The van der Waals surface area contributed by atoms with Crippen molar-refractivity contribution in [2.45, 2.75) is 31.8 Å². The molecule has 0 aliphatic heterocycles. The van der Waals surface area contributed by atoms with Gasteiger partial charge in [-0.15, -0.1) is 0 Å².